The maximum Gasteiger partial charge on any atom is 0.319 e. The number of aliphatic imine (C=N–C) groups is 1. The lowest BCUT2D eigenvalue weighted by atomic mass is 10.0. The van der Waals surface area contributed by atoms with Crippen molar-refractivity contribution in [1.29, 1.82) is 0 Å². The van der Waals surface area contributed by atoms with E-state index in [1.54, 1.807) is 6.92 Å². The molecule has 5 rings (SSSR count). The number of hydrogen-bond donors (Lipinski definition) is 2. The van der Waals surface area contributed by atoms with Crippen molar-refractivity contribution in [2.45, 2.75) is 46.3 Å². The van der Waals surface area contributed by atoms with Crippen molar-refractivity contribution in [1.82, 2.24) is 20.0 Å². The lowest BCUT2D eigenvalue weighted by Crippen LogP contribution is -2.36. The van der Waals surface area contributed by atoms with E-state index in [1.165, 1.54) is 5.56 Å². The van der Waals surface area contributed by atoms with Crippen LogP contribution in [0.15, 0.2) is 41.4 Å². The number of hydrogen-bond acceptors (Lipinski definition) is 4. The van der Waals surface area contributed by atoms with Gasteiger partial charge in [0, 0.05) is 36.0 Å². The molecule has 0 radical (unpaired) electrons. The van der Waals surface area contributed by atoms with Crippen LogP contribution in [-0.2, 0) is 6.54 Å². The van der Waals surface area contributed by atoms with Crippen LogP contribution in [0.2, 0.25) is 0 Å². The summed E-state index contributed by atoms with van der Waals surface area (Å²) >= 11 is 0. The highest BCUT2D eigenvalue weighted by Gasteiger charge is 2.38. The fourth-order valence-electron chi connectivity index (χ4n) is 5.27. The third-order valence-corrected chi connectivity index (χ3v) is 6.88. The molecule has 188 valence electrons. The molecular formula is C27H30F2N6O. The highest BCUT2D eigenvalue weighted by Crippen LogP contribution is 2.42. The van der Waals surface area contributed by atoms with Crippen LogP contribution in [0.25, 0.3) is 11.1 Å². The number of aryl methyl sites for hydroxylation is 1. The van der Waals surface area contributed by atoms with Gasteiger partial charge in [0.05, 0.1) is 36.3 Å². The van der Waals surface area contributed by atoms with Crippen LogP contribution in [0.4, 0.5) is 19.3 Å². The van der Waals surface area contributed by atoms with Gasteiger partial charge in [-0.15, -0.1) is 0 Å². The second-order valence-corrected chi connectivity index (χ2v) is 9.86. The topological polar surface area (TPSA) is 74.5 Å². The Morgan fingerprint density at radius 3 is 2.64 bits per heavy atom. The molecule has 9 heteroatoms. The van der Waals surface area contributed by atoms with E-state index < -0.39 is 17.7 Å². The van der Waals surface area contributed by atoms with Gasteiger partial charge in [-0.05, 0) is 37.0 Å². The summed E-state index contributed by atoms with van der Waals surface area (Å²) in [5, 5.41) is 9.77. The Morgan fingerprint density at radius 2 is 1.89 bits per heavy atom. The zero-order valence-electron chi connectivity index (χ0n) is 20.8. The van der Waals surface area contributed by atoms with Crippen LogP contribution in [0.3, 0.4) is 0 Å². The molecule has 7 nitrogen and oxygen atoms in total. The average molecular weight is 493 g/mol. The summed E-state index contributed by atoms with van der Waals surface area (Å²) in [5.74, 6) is -0.971. The summed E-state index contributed by atoms with van der Waals surface area (Å²) in [4.78, 5) is 19.1. The molecule has 36 heavy (non-hydrogen) atoms. The number of anilines is 1. The first-order chi connectivity index (χ1) is 17.2. The minimum atomic E-state index is -0.713. The van der Waals surface area contributed by atoms with Crippen LogP contribution in [0.1, 0.15) is 48.4 Å². The number of benzene rings is 2. The van der Waals surface area contributed by atoms with Crippen molar-refractivity contribution in [2.75, 3.05) is 18.4 Å². The molecule has 2 aromatic carbocycles. The Bertz CT molecular complexity index is 1350. The molecule has 0 aliphatic carbocycles. The quantitative estimate of drug-likeness (QED) is 0.486. The predicted octanol–water partition coefficient (Wildman–Crippen LogP) is 5.36. The van der Waals surface area contributed by atoms with Gasteiger partial charge in [0.2, 0.25) is 0 Å². The van der Waals surface area contributed by atoms with E-state index in [4.69, 9.17) is 0 Å². The molecular weight excluding hydrogens is 462 g/mol. The molecule has 0 spiro atoms. The second kappa shape index (κ2) is 9.37. The number of nitrogens with zero attached hydrogens (tertiary/aromatic N) is 4. The first-order valence-corrected chi connectivity index (χ1v) is 12.2. The number of halogens is 2. The Kier molecular flexibility index (Phi) is 6.24. The van der Waals surface area contributed by atoms with Gasteiger partial charge in [0.1, 0.15) is 11.6 Å². The first kappa shape index (κ1) is 24.0. The second-order valence-electron chi connectivity index (χ2n) is 9.86. The lowest BCUT2D eigenvalue weighted by Gasteiger charge is -2.24. The minimum Gasteiger partial charge on any atom is -0.345 e. The first-order valence-electron chi connectivity index (χ1n) is 12.2. The van der Waals surface area contributed by atoms with Crippen molar-refractivity contribution < 1.29 is 13.6 Å². The third-order valence-electron chi connectivity index (χ3n) is 6.88. The normalized spacial score (nSPS) is 18.0. The van der Waals surface area contributed by atoms with E-state index in [9.17, 15) is 4.79 Å². The maximum absolute atomic E-state index is 15.1. The predicted molar refractivity (Wildman–Crippen MR) is 136 cm³/mol. The molecule has 0 saturated carbocycles. The van der Waals surface area contributed by atoms with Crippen LogP contribution < -0.4 is 10.6 Å². The van der Waals surface area contributed by atoms with Gasteiger partial charge < -0.3 is 15.5 Å². The molecule has 3 aromatic rings. The molecule has 3 heterocycles. The van der Waals surface area contributed by atoms with Crippen LogP contribution in [0, 0.1) is 31.4 Å². The summed E-state index contributed by atoms with van der Waals surface area (Å²) in [5.41, 5.74) is 4.23. The van der Waals surface area contributed by atoms with Gasteiger partial charge in [-0.2, -0.15) is 5.10 Å². The number of aromatic nitrogens is 2. The molecule has 2 aliphatic heterocycles. The summed E-state index contributed by atoms with van der Waals surface area (Å²) in [6.45, 7) is 9.46. The van der Waals surface area contributed by atoms with Gasteiger partial charge in [0.15, 0.2) is 0 Å². The highest BCUT2D eigenvalue weighted by atomic mass is 19.1. The molecule has 2 aliphatic rings. The Hall–Kier alpha value is -3.75. The average Bonchev–Trinajstić information content (AvgIpc) is 3.48. The smallest absolute Gasteiger partial charge is 0.319 e. The summed E-state index contributed by atoms with van der Waals surface area (Å²) in [6.07, 6.45) is 1.82. The highest BCUT2D eigenvalue weighted by molar-refractivity contribution is 5.90. The lowest BCUT2D eigenvalue weighted by molar-refractivity contribution is 0.245. The molecule has 0 saturated heterocycles. The van der Waals surface area contributed by atoms with E-state index >= 15 is 8.78 Å². The number of rotatable bonds is 6. The van der Waals surface area contributed by atoms with Crippen molar-refractivity contribution in [3.8, 4) is 11.1 Å². The molecule has 2 atom stereocenters. The fraction of sp³-hybridized carbons (Fsp3) is 0.370. The standard InChI is InChI=1S/C27H30F2N6O/c1-15(2)13-35-17(4)26(16(3)33-35)20-9-22(29)23(10-21(20)28)32-27(36)31-12-25-19-8-6-5-7-18(19)24-11-30-14-34(24)25/h5-10,14-15,24-25H,11-13H2,1-4H3,(H2,31,32,36). The zero-order chi connectivity index (χ0) is 25.6. The van der Waals surface area contributed by atoms with Gasteiger partial charge in [-0.25, -0.2) is 13.6 Å². The van der Waals surface area contributed by atoms with E-state index in [1.807, 2.05) is 36.1 Å². The van der Waals surface area contributed by atoms with Gasteiger partial charge in [-0.1, -0.05) is 38.1 Å². The van der Waals surface area contributed by atoms with E-state index in [0.717, 1.165) is 23.4 Å². The van der Waals surface area contributed by atoms with Crippen molar-refractivity contribution in [3.05, 3.63) is 70.5 Å². The number of carbonyl (C=O) groups is 1. The van der Waals surface area contributed by atoms with Gasteiger partial charge in [0.25, 0.3) is 0 Å². The van der Waals surface area contributed by atoms with Gasteiger partial charge >= 0.3 is 6.03 Å². The summed E-state index contributed by atoms with van der Waals surface area (Å²) in [6, 6.07) is 9.75. The van der Waals surface area contributed by atoms with E-state index in [2.05, 4.69) is 45.5 Å². The summed E-state index contributed by atoms with van der Waals surface area (Å²) < 4.78 is 32.0. The van der Waals surface area contributed by atoms with Crippen molar-refractivity contribution in [2.24, 2.45) is 10.9 Å². The maximum atomic E-state index is 15.1. The third kappa shape index (κ3) is 4.23. The molecule has 2 unspecified atom stereocenters. The van der Waals surface area contributed by atoms with Gasteiger partial charge in [-0.3, -0.25) is 9.67 Å². The number of carbonyl (C=O) groups excluding carboxylic acids is 1. The Balaban J connectivity index is 1.30. The molecule has 0 bridgehead atoms. The minimum absolute atomic E-state index is 0.0690. The van der Waals surface area contributed by atoms with Crippen LogP contribution in [0.5, 0.6) is 0 Å². The van der Waals surface area contributed by atoms with Crippen molar-refractivity contribution in [3.63, 3.8) is 0 Å². The van der Waals surface area contributed by atoms with Crippen LogP contribution >= 0.6 is 0 Å². The molecule has 2 N–H and O–H groups in total. The Morgan fingerprint density at radius 1 is 1.14 bits per heavy atom. The number of nitrogens with one attached hydrogen (secondary N) is 2. The fourth-order valence-corrected chi connectivity index (χ4v) is 5.27. The van der Waals surface area contributed by atoms with E-state index in [-0.39, 0.29) is 23.3 Å². The van der Waals surface area contributed by atoms with Crippen molar-refractivity contribution >= 4 is 18.1 Å². The molecule has 2 amide bonds. The van der Waals surface area contributed by atoms with Crippen LogP contribution in [-0.4, -0.2) is 40.1 Å². The SMILES string of the molecule is Cc1nn(CC(C)C)c(C)c1-c1cc(F)c(NC(=O)NCC2c3ccccc3C3CN=CN32)cc1F. The summed E-state index contributed by atoms with van der Waals surface area (Å²) in [7, 11) is 0. The number of fused-ring (bicyclic) bond motifs is 3. The number of urea groups is 1. The van der Waals surface area contributed by atoms with E-state index in [0.29, 0.717) is 36.8 Å². The zero-order valence-corrected chi connectivity index (χ0v) is 20.8. The largest absolute Gasteiger partial charge is 0.345 e. The number of amides is 2. The molecule has 0 fully saturated rings. The Labute approximate surface area is 209 Å². The monoisotopic (exact) mass is 492 g/mol. The molecule has 1 aromatic heterocycles.